The summed E-state index contributed by atoms with van der Waals surface area (Å²) in [6, 6.07) is 0. The Morgan fingerprint density at radius 1 is 1.28 bits per heavy atom. The average Bonchev–Trinajstić information content (AvgIpc) is 2.39. The van der Waals surface area contributed by atoms with Crippen molar-refractivity contribution >= 4 is 26.0 Å². The van der Waals surface area contributed by atoms with E-state index in [4.69, 9.17) is 4.74 Å². The minimum atomic E-state index is -3.51. The molecule has 1 aromatic rings. The normalized spacial score (nSPS) is 17.7. The maximum atomic E-state index is 12.5. The van der Waals surface area contributed by atoms with Gasteiger partial charge >= 0.3 is 0 Å². The third-order valence-electron chi connectivity index (χ3n) is 2.96. The molecule has 0 unspecified atom stereocenters. The first-order chi connectivity index (χ1) is 8.57. The number of methoxy groups -OCH3 is 1. The lowest BCUT2D eigenvalue weighted by Crippen LogP contribution is -2.35. The van der Waals surface area contributed by atoms with Crippen LogP contribution in [0.4, 0.5) is 0 Å². The van der Waals surface area contributed by atoms with E-state index >= 15 is 0 Å². The lowest BCUT2D eigenvalue weighted by molar-refractivity contribution is 0.342. The summed E-state index contributed by atoms with van der Waals surface area (Å²) < 4.78 is 32.2. The van der Waals surface area contributed by atoms with Crippen molar-refractivity contribution in [3.05, 3.63) is 16.9 Å². The number of nitrogens with zero attached hydrogens (tertiary/aromatic N) is 2. The molecule has 2 rings (SSSR count). The molecule has 1 aliphatic rings. The zero-order valence-electron chi connectivity index (χ0n) is 10.1. The van der Waals surface area contributed by atoms with E-state index in [0.717, 1.165) is 19.3 Å². The first kappa shape index (κ1) is 13.8. The fourth-order valence-corrected chi connectivity index (χ4v) is 4.30. The summed E-state index contributed by atoms with van der Waals surface area (Å²) >= 11 is 3.25. The van der Waals surface area contributed by atoms with Gasteiger partial charge in [-0.3, -0.25) is 4.98 Å². The number of sulfonamides is 1. The van der Waals surface area contributed by atoms with Crippen molar-refractivity contribution in [2.45, 2.75) is 24.2 Å². The molecule has 0 atom stereocenters. The van der Waals surface area contributed by atoms with Crippen LogP contribution in [0.2, 0.25) is 0 Å². The monoisotopic (exact) mass is 334 g/mol. The second-order valence-electron chi connectivity index (χ2n) is 4.12. The Bertz CT molecular complexity index is 527. The van der Waals surface area contributed by atoms with Gasteiger partial charge in [0.2, 0.25) is 10.0 Å². The first-order valence-electron chi connectivity index (χ1n) is 5.75. The Balaban J connectivity index is 2.43. The van der Waals surface area contributed by atoms with Crippen LogP contribution in [0, 0.1) is 0 Å². The molecule has 18 heavy (non-hydrogen) atoms. The van der Waals surface area contributed by atoms with Crippen molar-refractivity contribution < 1.29 is 13.2 Å². The van der Waals surface area contributed by atoms with Crippen molar-refractivity contribution in [3.63, 3.8) is 0 Å². The minimum Gasteiger partial charge on any atom is -0.494 e. The molecule has 7 heteroatoms. The molecule has 0 bridgehead atoms. The molecule has 2 heterocycles. The third kappa shape index (κ3) is 2.53. The van der Waals surface area contributed by atoms with Gasteiger partial charge in [0, 0.05) is 19.3 Å². The van der Waals surface area contributed by atoms with E-state index in [1.165, 1.54) is 23.8 Å². The number of aromatic nitrogens is 1. The van der Waals surface area contributed by atoms with Crippen LogP contribution in [-0.2, 0) is 10.0 Å². The van der Waals surface area contributed by atoms with Crippen molar-refractivity contribution in [1.82, 2.24) is 9.29 Å². The molecule has 0 N–H and O–H groups in total. The summed E-state index contributed by atoms with van der Waals surface area (Å²) in [5.41, 5.74) is 0. The minimum absolute atomic E-state index is 0.126. The van der Waals surface area contributed by atoms with E-state index in [0.29, 0.717) is 23.3 Å². The van der Waals surface area contributed by atoms with Gasteiger partial charge in [-0.25, -0.2) is 8.42 Å². The Morgan fingerprint density at radius 3 is 2.56 bits per heavy atom. The fourth-order valence-electron chi connectivity index (χ4n) is 2.03. The number of pyridine rings is 1. The highest BCUT2D eigenvalue weighted by Gasteiger charge is 2.29. The molecular formula is C11H15BrN2O3S. The number of hydrogen-bond donors (Lipinski definition) is 0. The van der Waals surface area contributed by atoms with Gasteiger partial charge < -0.3 is 4.74 Å². The summed E-state index contributed by atoms with van der Waals surface area (Å²) in [4.78, 5) is 4.05. The molecule has 0 aliphatic carbocycles. The van der Waals surface area contributed by atoms with E-state index in [1.807, 2.05) is 0 Å². The van der Waals surface area contributed by atoms with E-state index in [9.17, 15) is 8.42 Å². The first-order valence-corrected chi connectivity index (χ1v) is 7.98. The lowest BCUT2D eigenvalue weighted by Gasteiger charge is -2.26. The highest BCUT2D eigenvalue weighted by Crippen LogP contribution is 2.33. The van der Waals surface area contributed by atoms with E-state index in [1.54, 1.807) is 0 Å². The molecule has 0 saturated carbocycles. The second kappa shape index (κ2) is 5.54. The predicted octanol–water partition coefficient (Wildman–Crippen LogP) is 2.03. The van der Waals surface area contributed by atoms with Crippen LogP contribution in [0.3, 0.4) is 0 Å². The third-order valence-corrected chi connectivity index (χ3v) is 5.41. The highest BCUT2D eigenvalue weighted by molar-refractivity contribution is 9.10. The zero-order chi connectivity index (χ0) is 13.2. The van der Waals surface area contributed by atoms with Crippen LogP contribution >= 0.6 is 15.9 Å². The summed E-state index contributed by atoms with van der Waals surface area (Å²) in [5, 5.41) is 0. The van der Waals surface area contributed by atoms with Gasteiger partial charge in [-0.05, 0) is 28.8 Å². The van der Waals surface area contributed by atoms with Gasteiger partial charge in [0.15, 0.2) is 5.75 Å². The van der Waals surface area contributed by atoms with Crippen LogP contribution < -0.4 is 4.74 Å². The molecule has 0 radical (unpaired) electrons. The molecule has 100 valence electrons. The van der Waals surface area contributed by atoms with Gasteiger partial charge in [0.25, 0.3) is 0 Å². The smallest absolute Gasteiger partial charge is 0.248 e. The van der Waals surface area contributed by atoms with Crippen molar-refractivity contribution in [2.75, 3.05) is 20.2 Å². The van der Waals surface area contributed by atoms with E-state index in [-0.39, 0.29) is 4.90 Å². The molecular weight excluding hydrogens is 320 g/mol. The molecule has 0 spiro atoms. The molecule has 1 saturated heterocycles. The highest BCUT2D eigenvalue weighted by atomic mass is 79.9. The SMILES string of the molecule is COc1c(Br)cncc1S(=O)(=O)N1CCCCC1. The van der Waals surface area contributed by atoms with Gasteiger partial charge in [0.05, 0.1) is 17.8 Å². The maximum absolute atomic E-state index is 12.5. The summed E-state index contributed by atoms with van der Waals surface area (Å²) in [6.07, 6.45) is 5.76. The van der Waals surface area contributed by atoms with Gasteiger partial charge in [-0.1, -0.05) is 6.42 Å². The molecule has 0 amide bonds. The second-order valence-corrected chi connectivity index (χ2v) is 6.88. The molecule has 1 aliphatic heterocycles. The van der Waals surface area contributed by atoms with E-state index < -0.39 is 10.0 Å². The maximum Gasteiger partial charge on any atom is 0.248 e. The van der Waals surface area contributed by atoms with Crippen LogP contribution in [0.15, 0.2) is 21.8 Å². The van der Waals surface area contributed by atoms with Crippen LogP contribution in [0.1, 0.15) is 19.3 Å². The Morgan fingerprint density at radius 2 is 1.94 bits per heavy atom. The standard InChI is InChI=1S/C11H15BrN2O3S/c1-17-11-9(12)7-13-8-10(11)18(15,16)14-5-3-2-4-6-14/h7-8H,2-6H2,1H3. The molecule has 1 fully saturated rings. The Kier molecular flexibility index (Phi) is 4.24. The molecule has 1 aromatic heterocycles. The summed E-state index contributed by atoms with van der Waals surface area (Å²) in [6.45, 7) is 1.13. The number of hydrogen-bond acceptors (Lipinski definition) is 4. The number of piperidine rings is 1. The average molecular weight is 335 g/mol. The predicted molar refractivity (Wildman–Crippen MR) is 71.1 cm³/mol. The number of ether oxygens (including phenoxy) is 1. The van der Waals surface area contributed by atoms with Crippen molar-refractivity contribution in [2.24, 2.45) is 0 Å². The topological polar surface area (TPSA) is 59.5 Å². The summed E-state index contributed by atoms with van der Waals surface area (Å²) in [5.74, 6) is 0.315. The van der Waals surface area contributed by atoms with Gasteiger partial charge in [-0.15, -0.1) is 0 Å². The van der Waals surface area contributed by atoms with Crippen LogP contribution in [0.25, 0.3) is 0 Å². The fraction of sp³-hybridized carbons (Fsp3) is 0.545. The van der Waals surface area contributed by atoms with Crippen molar-refractivity contribution in [3.8, 4) is 5.75 Å². The molecule has 0 aromatic carbocycles. The lowest BCUT2D eigenvalue weighted by atomic mass is 10.2. The quantitative estimate of drug-likeness (QED) is 0.848. The number of rotatable bonds is 3. The zero-order valence-corrected chi connectivity index (χ0v) is 12.5. The van der Waals surface area contributed by atoms with Crippen LogP contribution in [0.5, 0.6) is 5.75 Å². The van der Waals surface area contributed by atoms with Gasteiger partial charge in [0.1, 0.15) is 4.90 Å². The Labute approximate surface area is 115 Å². The van der Waals surface area contributed by atoms with Gasteiger partial charge in [-0.2, -0.15) is 4.31 Å². The number of halogens is 1. The molecule has 5 nitrogen and oxygen atoms in total. The van der Waals surface area contributed by atoms with Crippen molar-refractivity contribution in [1.29, 1.82) is 0 Å². The Hall–Kier alpha value is -0.660. The summed E-state index contributed by atoms with van der Waals surface area (Å²) in [7, 11) is -2.06. The largest absolute Gasteiger partial charge is 0.494 e. The van der Waals surface area contributed by atoms with E-state index in [2.05, 4.69) is 20.9 Å². The van der Waals surface area contributed by atoms with Crippen LogP contribution in [-0.4, -0.2) is 37.9 Å².